The number of hydrogen-bond acceptors (Lipinski definition) is 5. The third-order valence-corrected chi connectivity index (χ3v) is 7.82. The van der Waals surface area contributed by atoms with Crippen LogP contribution in [0.25, 0.3) is 11.3 Å². The van der Waals surface area contributed by atoms with Gasteiger partial charge in [0.15, 0.2) is 0 Å². The third-order valence-electron chi connectivity index (χ3n) is 7.82. The van der Waals surface area contributed by atoms with Crippen LogP contribution in [0.1, 0.15) is 70.9 Å². The second-order valence-corrected chi connectivity index (χ2v) is 11.2. The van der Waals surface area contributed by atoms with E-state index >= 15 is 0 Å². The van der Waals surface area contributed by atoms with Crippen molar-refractivity contribution < 1.29 is 10.2 Å². The molecule has 0 saturated carbocycles. The molecule has 0 amide bonds. The second-order valence-electron chi connectivity index (χ2n) is 11.2. The van der Waals surface area contributed by atoms with Gasteiger partial charge in [-0.1, -0.05) is 45.9 Å². The van der Waals surface area contributed by atoms with Crippen LogP contribution in [0.4, 0.5) is 5.82 Å². The Bertz CT molecular complexity index is 948. The van der Waals surface area contributed by atoms with Gasteiger partial charge in [0.1, 0.15) is 5.82 Å². The zero-order valence-electron chi connectivity index (χ0n) is 20.8. The molecule has 1 atom stereocenters. The number of benzene rings is 1. The summed E-state index contributed by atoms with van der Waals surface area (Å²) in [6.07, 6.45) is 4.53. The summed E-state index contributed by atoms with van der Waals surface area (Å²) in [5, 5.41) is 22.0. The molecule has 2 aliphatic rings. The third kappa shape index (κ3) is 5.42. The topological polar surface area (TPSA) is 68.6 Å². The molecule has 2 heterocycles. The van der Waals surface area contributed by atoms with Crippen molar-refractivity contribution in [3.63, 3.8) is 0 Å². The summed E-state index contributed by atoms with van der Waals surface area (Å²) in [5.74, 6) is 1.05. The molecule has 1 aromatic heterocycles. The van der Waals surface area contributed by atoms with Gasteiger partial charge in [-0.05, 0) is 78.8 Å². The average molecular weight is 452 g/mol. The lowest BCUT2D eigenvalue weighted by Crippen LogP contribution is -2.43. The molecule has 180 valence electrons. The van der Waals surface area contributed by atoms with Gasteiger partial charge in [0, 0.05) is 24.7 Å². The van der Waals surface area contributed by atoms with Crippen LogP contribution in [0.2, 0.25) is 0 Å². The maximum Gasteiger partial charge on any atom is 0.129 e. The fourth-order valence-corrected chi connectivity index (χ4v) is 5.37. The van der Waals surface area contributed by atoms with Crippen LogP contribution in [0, 0.1) is 0 Å². The first kappa shape index (κ1) is 24.2. The summed E-state index contributed by atoms with van der Waals surface area (Å²) in [5.41, 5.74) is 5.64. The Labute approximate surface area is 199 Å². The molecule has 0 bridgehead atoms. The van der Waals surface area contributed by atoms with E-state index in [1.807, 2.05) is 0 Å². The Balaban J connectivity index is 1.45. The van der Waals surface area contributed by atoms with E-state index in [9.17, 15) is 5.11 Å². The predicted octanol–water partition coefficient (Wildman–Crippen LogP) is 4.40. The van der Waals surface area contributed by atoms with Crippen molar-refractivity contribution in [1.29, 1.82) is 0 Å². The number of nitrogens with one attached hydrogen (secondary N) is 1. The highest BCUT2D eigenvalue weighted by atomic mass is 16.3. The standard InChI is InChI=1S/C28H41N3O2/c1-27(2)13-14-28(3,4)24-18-20(8-9-23(24)27)25-6-5-7-26(30-25)31-16-11-21(12-17-31)29-15-10-22(33)19-32/h5-9,18,21-22,29,32-33H,10-17,19H2,1-4H3/t22-/m0/s1. The maximum absolute atomic E-state index is 9.51. The predicted molar refractivity (Wildman–Crippen MR) is 136 cm³/mol. The molecule has 33 heavy (non-hydrogen) atoms. The first-order chi connectivity index (χ1) is 15.7. The summed E-state index contributed by atoms with van der Waals surface area (Å²) in [6.45, 7) is 12.0. The number of pyridine rings is 1. The van der Waals surface area contributed by atoms with Crippen LogP contribution in [-0.2, 0) is 10.8 Å². The molecule has 1 aromatic carbocycles. The van der Waals surface area contributed by atoms with E-state index in [4.69, 9.17) is 10.1 Å². The zero-order chi connectivity index (χ0) is 23.6. The second kappa shape index (κ2) is 9.73. The van der Waals surface area contributed by atoms with Gasteiger partial charge in [0.25, 0.3) is 0 Å². The summed E-state index contributed by atoms with van der Waals surface area (Å²) < 4.78 is 0. The zero-order valence-corrected chi connectivity index (χ0v) is 20.8. The van der Waals surface area contributed by atoms with Crippen molar-refractivity contribution in [2.75, 3.05) is 31.1 Å². The lowest BCUT2D eigenvalue weighted by molar-refractivity contribution is 0.0874. The van der Waals surface area contributed by atoms with Crippen LogP contribution in [0.5, 0.6) is 0 Å². The van der Waals surface area contributed by atoms with E-state index in [1.165, 1.54) is 29.5 Å². The molecule has 0 radical (unpaired) electrons. The van der Waals surface area contributed by atoms with Gasteiger partial charge >= 0.3 is 0 Å². The summed E-state index contributed by atoms with van der Waals surface area (Å²) >= 11 is 0. The minimum atomic E-state index is -0.621. The lowest BCUT2D eigenvalue weighted by Gasteiger charge is -2.42. The molecule has 0 unspecified atom stereocenters. The Morgan fingerprint density at radius 3 is 2.42 bits per heavy atom. The van der Waals surface area contributed by atoms with Crippen molar-refractivity contribution in [2.24, 2.45) is 0 Å². The van der Waals surface area contributed by atoms with E-state index in [1.54, 1.807) is 0 Å². The number of aliphatic hydroxyl groups is 2. The molecule has 1 saturated heterocycles. The van der Waals surface area contributed by atoms with E-state index in [2.05, 4.69) is 74.3 Å². The van der Waals surface area contributed by atoms with Gasteiger partial charge in [-0.25, -0.2) is 4.98 Å². The largest absolute Gasteiger partial charge is 0.394 e. The number of aliphatic hydroxyl groups excluding tert-OH is 2. The van der Waals surface area contributed by atoms with Gasteiger partial charge in [-0.2, -0.15) is 0 Å². The van der Waals surface area contributed by atoms with Gasteiger partial charge in [-0.3, -0.25) is 0 Å². The molecule has 2 aromatic rings. The van der Waals surface area contributed by atoms with E-state index in [0.717, 1.165) is 44.0 Å². The van der Waals surface area contributed by atoms with Crippen LogP contribution in [-0.4, -0.2) is 53.6 Å². The SMILES string of the molecule is CC1(C)CCC(C)(C)c2cc(-c3cccc(N4CCC(NCC[C@H](O)CO)CC4)n3)ccc21. The number of nitrogens with zero attached hydrogens (tertiary/aromatic N) is 2. The van der Waals surface area contributed by atoms with E-state index in [-0.39, 0.29) is 17.4 Å². The van der Waals surface area contributed by atoms with E-state index in [0.29, 0.717) is 12.5 Å². The monoisotopic (exact) mass is 451 g/mol. The number of hydrogen-bond donors (Lipinski definition) is 3. The van der Waals surface area contributed by atoms with Gasteiger partial charge in [-0.15, -0.1) is 0 Å². The summed E-state index contributed by atoms with van der Waals surface area (Å²) in [4.78, 5) is 7.45. The number of aromatic nitrogens is 1. The lowest BCUT2D eigenvalue weighted by atomic mass is 9.63. The minimum absolute atomic E-state index is 0.165. The first-order valence-corrected chi connectivity index (χ1v) is 12.6. The quantitative estimate of drug-likeness (QED) is 0.582. The molecule has 1 aliphatic carbocycles. The molecular weight excluding hydrogens is 410 g/mol. The smallest absolute Gasteiger partial charge is 0.129 e. The molecular formula is C28H41N3O2. The molecule has 4 rings (SSSR count). The fraction of sp³-hybridized carbons (Fsp3) is 0.607. The number of piperidine rings is 1. The Morgan fingerprint density at radius 1 is 1.03 bits per heavy atom. The van der Waals surface area contributed by atoms with Crippen molar-refractivity contribution in [1.82, 2.24) is 10.3 Å². The van der Waals surface area contributed by atoms with Crippen molar-refractivity contribution in [2.45, 2.75) is 82.8 Å². The molecule has 0 spiro atoms. The molecule has 1 aliphatic heterocycles. The van der Waals surface area contributed by atoms with Crippen molar-refractivity contribution in [3.8, 4) is 11.3 Å². The Kier molecular flexibility index (Phi) is 7.13. The number of anilines is 1. The highest BCUT2D eigenvalue weighted by molar-refractivity contribution is 5.65. The average Bonchev–Trinajstić information content (AvgIpc) is 2.82. The Morgan fingerprint density at radius 2 is 1.73 bits per heavy atom. The highest BCUT2D eigenvalue weighted by Crippen LogP contribution is 2.46. The van der Waals surface area contributed by atoms with Gasteiger partial charge in [0.05, 0.1) is 18.4 Å². The minimum Gasteiger partial charge on any atom is -0.394 e. The molecule has 5 nitrogen and oxygen atoms in total. The Hall–Kier alpha value is -1.95. The summed E-state index contributed by atoms with van der Waals surface area (Å²) in [7, 11) is 0. The highest BCUT2D eigenvalue weighted by Gasteiger charge is 2.37. The molecule has 5 heteroatoms. The fourth-order valence-electron chi connectivity index (χ4n) is 5.37. The number of fused-ring (bicyclic) bond motifs is 1. The van der Waals surface area contributed by atoms with Crippen molar-refractivity contribution >= 4 is 5.82 Å². The van der Waals surface area contributed by atoms with Crippen LogP contribution in [0.15, 0.2) is 36.4 Å². The van der Waals surface area contributed by atoms with Crippen LogP contribution in [0.3, 0.4) is 0 Å². The van der Waals surface area contributed by atoms with Gasteiger partial charge < -0.3 is 20.4 Å². The normalized spacial score (nSPS) is 21.0. The summed E-state index contributed by atoms with van der Waals surface area (Å²) in [6, 6.07) is 13.8. The maximum atomic E-state index is 9.51. The number of rotatable bonds is 7. The first-order valence-electron chi connectivity index (χ1n) is 12.6. The molecule has 3 N–H and O–H groups in total. The van der Waals surface area contributed by atoms with Gasteiger partial charge in [0.2, 0.25) is 0 Å². The van der Waals surface area contributed by atoms with Crippen molar-refractivity contribution in [3.05, 3.63) is 47.5 Å². The van der Waals surface area contributed by atoms with E-state index < -0.39 is 6.10 Å². The van der Waals surface area contributed by atoms with Crippen LogP contribution < -0.4 is 10.2 Å². The molecule has 1 fully saturated rings. The van der Waals surface area contributed by atoms with Crippen LogP contribution >= 0.6 is 0 Å².